The molecule has 5 heteroatoms. The summed E-state index contributed by atoms with van der Waals surface area (Å²) in [6, 6.07) is 9.91. The van der Waals surface area contributed by atoms with Crippen molar-refractivity contribution in [2.24, 2.45) is 5.92 Å². The highest BCUT2D eigenvalue weighted by Gasteiger charge is 2.23. The van der Waals surface area contributed by atoms with Crippen LogP contribution in [0.2, 0.25) is 0 Å². The van der Waals surface area contributed by atoms with Gasteiger partial charge in [-0.15, -0.1) is 11.3 Å². The lowest BCUT2D eigenvalue weighted by Crippen LogP contribution is -2.38. The Bertz CT molecular complexity index is 619. The average Bonchev–Trinajstić information content (AvgIpc) is 3.11. The van der Waals surface area contributed by atoms with Crippen molar-refractivity contribution in [2.75, 3.05) is 19.7 Å². The summed E-state index contributed by atoms with van der Waals surface area (Å²) in [7, 11) is 0. The zero-order chi connectivity index (χ0) is 16.1. The first-order valence-electron chi connectivity index (χ1n) is 7.93. The molecule has 3 nitrogen and oxygen atoms in total. The van der Waals surface area contributed by atoms with E-state index in [-0.39, 0.29) is 11.7 Å². The summed E-state index contributed by atoms with van der Waals surface area (Å²) in [5, 5.41) is 1.94. The Morgan fingerprint density at radius 3 is 2.61 bits per heavy atom. The number of thiophene rings is 1. The molecule has 0 spiro atoms. The van der Waals surface area contributed by atoms with Crippen LogP contribution in [-0.2, 0) is 0 Å². The third-order valence-corrected chi connectivity index (χ3v) is 5.10. The minimum absolute atomic E-state index is 0.154. The van der Waals surface area contributed by atoms with E-state index in [2.05, 4.69) is 0 Å². The molecule has 0 atom stereocenters. The first kappa shape index (κ1) is 16.0. The monoisotopic (exact) mass is 333 g/mol. The van der Waals surface area contributed by atoms with Gasteiger partial charge in [-0.1, -0.05) is 6.07 Å². The van der Waals surface area contributed by atoms with Crippen molar-refractivity contribution >= 4 is 17.2 Å². The molecule has 1 aliphatic heterocycles. The van der Waals surface area contributed by atoms with E-state index in [9.17, 15) is 9.18 Å². The van der Waals surface area contributed by atoms with Crippen molar-refractivity contribution in [1.82, 2.24) is 4.90 Å². The van der Waals surface area contributed by atoms with Crippen LogP contribution >= 0.6 is 11.3 Å². The number of likely N-dealkylation sites (tertiary alicyclic amines) is 1. The van der Waals surface area contributed by atoms with Gasteiger partial charge in [0.05, 0.1) is 11.5 Å². The predicted molar refractivity (Wildman–Crippen MR) is 89.5 cm³/mol. The maximum Gasteiger partial charge on any atom is 0.263 e. The van der Waals surface area contributed by atoms with Crippen LogP contribution in [0.3, 0.4) is 0 Å². The lowest BCUT2D eigenvalue weighted by Gasteiger charge is -2.31. The van der Waals surface area contributed by atoms with Crippen LogP contribution in [0.1, 0.15) is 28.9 Å². The largest absolute Gasteiger partial charge is 0.494 e. The molecule has 1 aliphatic rings. The summed E-state index contributed by atoms with van der Waals surface area (Å²) in [6.45, 7) is 2.27. The molecule has 1 fully saturated rings. The number of carbonyl (C=O) groups is 1. The molecule has 0 unspecified atom stereocenters. The van der Waals surface area contributed by atoms with Gasteiger partial charge in [0, 0.05) is 13.1 Å². The Labute approximate surface area is 139 Å². The second-order valence-electron chi connectivity index (χ2n) is 5.80. The number of hydrogen-bond acceptors (Lipinski definition) is 3. The molecule has 3 rings (SSSR count). The minimum Gasteiger partial charge on any atom is -0.494 e. The summed E-state index contributed by atoms with van der Waals surface area (Å²) in [6.07, 6.45) is 3.01. The topological polar surface area (TPSA) is 29.5 Å². The van der Waals surface area contributed by atoms with Crippen molar-refractivity contribution < 1.29 is 13.9 Å². The van der Waals surface area contributed by atoms with Crippen molar-refractivity contribution in [3.63, 3.8) is 0 Å². The van der Waals surface area contributed by atoms with E-state index in [4.69, 9.17) is 4.74 Å². The van der Waals surface area contributed by atoms with Crippen LogP contribution in [0.15, 0.2) is 41.8 Å². The smallest absolute Gasteiger partial charge is 0.263 e. The van der Waals surface area contributed by atoms with E-state index >= 15 is 0 Å². The summed E-state index contributed by atoms with van der Waals surface area (Å²) in [5.41, 5.74) is 0. The fourth-order valence-electron chi connectivity index (χ4n) is 2.86. The van der Waals surface area contributed by atoms with Crippen molar-refractivity contribution in [1.29, 1.82) is 0 Å². The Kier molecular flexibility index (Phi) is 5.28. The third kappa shape index (κ3) is 4.32. The second-order valence-corrected chi connectivity index (χ2v) is 6.75. The summed E-state index contributed by atoms with van der Waals surface area (Å²) < 4.78 is 18.5. The number of carbonyl (C=O) groups excluding carboxylic acids is 1. The van der Waals surface area contributed by atoms with E-state index in [1.165, 1.54) is 23.5 Å². The number of hydrogen-bond donors (Lipinski definition) is 0. The molecular formula is C18H20FNO2S. The SMILES string of the molecule is O=C(c1cccs1)N1CCC(CCOc2ccc(F)cc2)CC1. The van der Waals surface area contributed by atoms with Crippen molar-refractivity contribution in [3.8, 4) is 5.75 Å². The van der Waals surface area contributed by atoms with E-state index in [0.717, 1.165) is 37.2 Å². The Hall–Kier alpha value is -1.88. The van der Waals surface area contributed by atoms with Crippen LogP contribution in [0.25, 0.3) is 0 Å². The fourth-order valence-corrected chi connectivity index (χ4v) is 3.55. The minimum atomic E-state index is -0.250. The lowest BCUT2D eigenvalue weighted by atomic mass is 9.94. The van der Waals surface area contributed by atoms with Crippen LogP contribution in [0.4, 0.5) is 4.39 Å². The zero-order valence-corrected chi connectivity index (χ0v) is 13.7. The van der Waals surface area contributed by atoms with Gasteiger partial charge in [0.2, 0.25) is 0 Å². The fraction of sp³-hybridized carbons (Fsp3) is 0.389. The van der Waals surface area contributed by atoms with E-state index in [1.54, 1.807) is 12.1 Å². The van der Waals surface area contributed by atoms with Crippen molar-refractivity contribution in [2.45, 2.75) is 19.3 Å². The average molecular weight is 333 g/mol. The Morgan fingerprint density at radius 1 is 1.22 bits per heavy atom. The van der Waals surface area contributed by atoms with Gasteiger partial charge in [0.15, 0.2) is 0 Å². The van der Waals surface area contributed by atoms with Crippen LogP contribution < -0.4 is 4.74 Å². The maximum atomic E-state index is 12.8. The van der Waals surface area contributed by atoms with E-state index < -0.39 is 0 Å². The summed E-state index contributed by atoms with van der Waals surface area (Å²) in [5.74, 6) is 1.20. The first-order valence-corrected chi connectivity index (χ1v) is 8.81. The second kappa shape index (κ2) is 7.59. The van der Waals surface area contributed by atoms with E-state index in [1.807, 2.05) is 22.4 Å². The van der Waals surface area contributed by atoms with Gasteiger partial charge in [-0.2, -0.15) is 0 Å². The van der Waals surface area contributed by atoms with Crippen molar-refractivity contribution in [3.05, 3.63) is 52.5 Å². The quantitative estimate of drug-likeness (QED) is 0.820. The number of halogens is 1. The van der Waals surface area contributed by atoms with E-state index in [0.29, 0.717) is 18.3 Å². The highest BCUT2D eigenvalue weighted by molar-refractivity contribution is 7.12. The molecule has 1 aromatic heterocycles. The Balaban J connectivity index is 1.39. The molecule has 0 N–H and O–H groups in total. The third-order valence-electron chi connectivity index (χ3n) is 4.24. The van der Waals surface area contributed by atoms with Gasteiger partial charge in [-0.05, 0) is 60.9 Å². The molecule has 23 heavy (non-hydrogen) atoms. The van der Waals surface area contributed by atoms with Gasteiger partial charge in [0.1, 0.15) is 11.6 Å². The van der Waals surface area contributed by atoms with Gasteiger partial charge in [-0.3, -0.25) is 4.79 Å². The molecule has 1 saturated heterocycles. The van der Waals surface area contributed by atoms with Gasteiger partial charge < -0.3 is 9.64 Å². The van der Waals surface area contributed by atoms with Crippen LogP contribution in [0.5, 0.6) is 5.75 Å². The molecule has 0 aliphatic carbocycles. The molecule has 0 bridgehead atoms. The number of rotatable bonds is 5. The number of nitrogens with zero attached hydrogens (tertiary/aromatic N) is 1. The zero-order valence-electron chi connectivity index (χ0n) is 12.9. The highest BCUT2D eigenvalue weighted by atomic mass is 32.1. The summed E-state index contributed by atoms with van der Waals surface area (Å²) >= 11 is 1.50. The molecule has 122 valence electrons. The van der Waals surface area contributed by atoms with Gasteiger partial charge in [-0.25, -0.2) is 4.39 Å². The molecule has 0 radical (unpaired) electrons. The predicted octanol–water partition coefficient (Wildman–Crippen LogP) is 4.21. The maximum absolute atomic E-state index is 12.8. The summed E-state index contributed by atoms with van der Waals surface area (Å²) in [4.78, 5) is 15.0. The number of ether oxygens (including phenoxy) is 1. The number of benzene rings is 1. The molecule has 1 amide bonds. The van der Waals surface area contributed by atoms with Gasteiger partial charge >= 0.3 is 0 Å². The number of amides is 1. The molecule has 2 heterocycles. The molecule has 1 aromatic carbocycles. The molecular weight excluding hydrogens is 313 g/mol. The van der Waals surface area contributed by atoms with Crippen LogP contribution in [-0.4, -0.2) is 30.5 Å². The first-order chi connectivity index (χ1) is 11.2. The van der Waals surface area contributed by atoms with Gasteiger partial charge in [0.25, 0.3) is 5.91 Å². The Morgan fingerprint density at radius 2 is 1.96 bits per heavy atom. The lowest BCUT2D eigenvalue weighted by molar-refractivity contribution is 0.0685. The number of piperidine rings is 1. The van der Waals surface area contributed by atoms with Crippen LogP contribution in [0, 0.1) is 11.7 Å². The normalized spacial score (nSPS) is 15.6. The molecule has 0 saturated carbocycles. The molecule has 2 aromatic rings. The standard InChI is InChI=1S/C18H20FNO2S/c19-15-3-5-16(6-4-15)22-12-9-14-7-10-20(11-8-14)18(21)17-2-1-13-23-17/h1-6,13-14H,7-12H2. The highest BCUT2D eigenvalue weighted by Crippen LogP contribution is 2.23.